The Labute approximate surface area is 125 Å². The number of nitrogens with two attached hydrogens (primary N) is 1. The quantitative estimate of drug-likeness (QED) is 0.560. The first-order chi connectivity index (χ1) is 9.99. The van der Waals surface area contributed by atoms with E-state index in [0.717, 1.165) is 5.69 Å². The third kappa shape index (κ3) is 7.65. The minimum atomic E-state index is -0.611. The number of carbonyl (C=O) groups is 1. The molecule has 1 rings (SSSR count). The second-order valence-electron chi connectivity index (χ2n) is 4.97. The van der Waals surface area contributed by atoms with E-state index in [1.807, 2.05) is 13.8 Å². The lowest BCUT2D eigenvalue weighted by molar-refractivity contribution is -0.00734. The van der Waals surface area contributed by atoms with Crippen molar-refractivity contribution in [3.05, 3.63) is 29.8 Å². The molecule has 0 spiro atoms. The minimum Gasteiger partial charge on any atom is -0.389 e. The molecule has 0 aromatic heterocycles. The van der Waals surface area contributed by atoms with Crippen LogP contribution in [0.25, 0.3) is 0 Å². The van der Waals surface area contributed by atoms with Gasteiger partial charge in [-0.3, -0.25) is 4.79 Å². The van der Waals surface area contributed by atoms with Crippen LogP contribution >= 0.6 is 0 Å². The van der Waals surface area contributed by atoms with Gasteiger partial charge in [-0.2, -0.15) is 0 Å². The maximum Gasteiger partial charge on any atom is 0.248 e. The minimum absolute atomic E-state index is 0.184. The van der Waals surface area contributed by atoms with Crippen LogP contribution in [0.15, 0.2) is 24.3 Å². The lowest BCUT2D eigenvalue weighted by Crippen LogP contribution is -2.26. The monoisotopic (exact) mass is 296 g/mol. The van der Waals surface area contributed by atoms with Crippen LogP contribution in [0.2, 0.25) is 0 Å². The molecule has 0 fully saturated rings. The van der Waals surface area contributed by atoms with E-state index in [0.29, 0.717) is 25.3 Å². The van der Waals surface area contributed by atoms with Gasteiger partial charge in [0.1, 0.15) is 0 Å². The fourth-order valence-electron chi connectivity index (χ4n) is 1.61. The van der Waals surface area contributed by atoms with Crippen molar-refractivity contribution in [1.82, 2.24) is 0 Å². The van der Waals surface area contributed by atoms with Crippen LogP contribution in [0, 0.1) is 0 Å². The number of primary amides is 1. The van der Waals surface area contributed by atoms with E-state index in [1.54, 1.807) is 24.3 Å². The molecule has 1 amide bonds. The maximum atomic E-state index is 10.9. The number of amides is 1. The van der Waals surface area contributed by atoms with E-state index in [-0.39, 0.29) is 12.7 Å². The predicted octanol–water partition coefficient (Wildman–Crippen LogP) is 1.000. The van der Waals surface area contributed by atoms with Gasteiger partial charge in [0.05, 0.1) is 32.0 Å². The van der Waals surface area contributed by atoms with Crippen molar-refractivity contribution < 1.29 is 19.4 Å². The Morgan fingerprint density at radius 1 is 1.29 bits per heavy atom. The Kier molecular flexibility index (Phi) is 7.74. The number of hydrogen-bond donors (Lipinski definition) is 3. The zero-order chi connectivity index (χ0) is 15.7. The molecule has 0 bridgehead atoms. The van der Waals surface area contributed by atoms with Crippen molar-refractivity contribution in [2.45, 2.75) is 26.1 Å². The lowest BCUT2D eigenvalue weighted by Gasteiger charge is -2.14. The van der Waals surface area contributed by atoms with Crippen LogP contribution in [0.3, 0.4) is 0 Å². The summed E-state index contributed by atoms with van der Waals surface area (Å²) in [7, 11) is 0. The van der Waals surface area contributed by atoms with Gasteiger partial charge < -0.3 is 25.6 Å². The van der Waals surface area contributed by atoms with Crippen molar-refractivity contribution in [1.29, 1.82) is 0 Å². The molecular formula is C15H24N2O4. The SMILES string of the molecule is CC(C)OCCOCC(O)CNc1ccc(C(N)=O)cc1. The molecule has 0 aliphatic heterocycles. The molecule has 4 N–H and O–H groups in total. The Hall–Kier alpha value is -1.63. The number of carbonyl (C=O) groups excluding carboxylic acids is 1. The summed E-state index contributed by atoms with van der Waals surface area (Å²) in [5, 5.41) is 12.8. The highest BCUT2D eigenvalue weighted by atomic mass is 16.5. The average molecular weight is 296 g/mol. The molecule has 118 valence electrons. The van der Waals surface area contributed by atoms with Gasteiger partial charge in [-0.05, 0) is 38.1 Å². The molecule has 1 aromatic carbocycles. The summed E-state index contributed by atoms with van der Waals surface area (Å²) in [6.45, 7) is 5.51. The first kappa shape index (κ1) is 17.4. The molecule has 0 radical (unpaired) electrons. The molecule has 1 unspecified atom stereocenters. The third-order valence-corrected chi connectivity index (χ3v) is 2.70. The highest BCUT2D eigenvalue weighted by Crippen LogP contribution is 2.09. The van der Waals surface area contributed by atoms with E-state index in [9.17, 15) is 9.90 Å². The summed E-state index contributed by atoms with van der Waals surface area (Å²) >= 11 is 0. The number of benzene rings is 1. The topological polar surface area (TPSA) is 93.8 Å². The summed E-state index contributed by atoms with van der Waals surface area (Å²) < 4.78 is 10.6. The Morgan fingerprint density at radius 2 is 1.95 bits per heavy atom. The Morgan fingerprint density at radius 3 is 2.52 bits per heavy atom. The van der Waals surface area contributed by atoms with Crippen LogP contribution in [0.5, 0.6) is 0 Å². The van der Waals surface area contributed by atoms with E-state index in [1.165, 1.54) is 0 Å². The van der Waals surface area contributed by atoms with Gasteiger partial charge in [0.25, 0.3) is 0 Å². The molecule has 6 nitrogen and oxygen atoms in total. The molecule has 0 saturated heterocycles. The molecule has 21 heavy (non-hydrogen) atoms. The van der Waals surface area contributed by atoms with Crippen molar-refractivity contribution in [3.63, 3.8) is 0 Å². The second kappa shape index (κ2) is 9.33. The summed E-state index contributed by atoms with van der Waals surface area (Å²) in [6, 6.07) is 6.75. The molecule has 0 saturated carbocycles. The molecule has 1 atom stereocenters. The number of anilines is 1. The smallest absolute Gasteiger partial charge is 0.248 e. The second-order valence-corrected chi connectivity index (χ2v) is 4.97. The standard InChI is InChI=1S/C15H24N2O4/c1-11(2)21-8-7-20-10-14(18)9-17-13-5-3-12(4-6-13)15(16)19/h3-6,11,14,17-18H,7-10H2,1-2H3,(H2,16,19). The third-order valence-electron chi connectivity index (χ3n) is 2.70. The number of nitrogens with one attached hydrogen (secondary N) is 1. The summed E-state index contributed by atoms with van der Waals surface area (Å²) in [5.74, 6) is -0.460. The van der Waals surface area contributed by atoms with Crippen molar-refractivity contribution in [3.8, 4) is 0 Å². The molecule has 0 heterocycles. The fraction of sp³-hybridized carbons (Fsp3) is 0.533. The Bertz CT molecular complexity index is 420. The van der Waals surface area contributed by atoms with E-state index in [4.69, 9.17) is 15.2 Å². The Balaban J connectivity index is 2.17. The van der Waals surface area contributed by atoms with E-state index in [2.05, 4.69) is 5.32 Å². The zero-order valence-corrected chi connectivity index (χ0v) is 12.5. The number of ether oxygens (including phenoxy) is 2. The predicted molar refractivity (Wildman–Crippen MR) is 81.4 cm³/mol. The van der Waals surface area contributed by atoms with E-state index < -0.39 is 12.0 Å². The highest BCUT2D eigenvalue weighted by Gasteiger charge is 2.05. The fourth-order valence-corrected chi connectivity index (χ4v) is 1.61. The van der Waals surface area contributed by atoms with Crippen LogP contribution < -0.4 is 11.1 Å². The van der Waals surface area contributed by atoms with Crippen molar-refractivity contribution in [2.24, 2.45) is 5.73 Å². The zero-order valence-electron chi connectivity index (χ0n) is 12.5. The van der Waals surface area contributed by atoms with Gasteiger partial charge in [0, 0.05) is 17.8 Å². The maximum absolute atomic E-state index is 10.9. The van der Waals surface area contributed by atoms with Gasteiger partial charge in [0.2, 0.25) is 5.91 Å². The van der Waals surface area contributed by atoms with Gasteiger partial charge in [0.15, 0.2) is 0 Å². The lowest BCUT2D eigenvalue weighted by atomic mass is 10.2. The molecular weight excluding hydrogens is 272 g/mol. The van der Waals surface area contributed by atoms with Crippen LogP contribution in [-0.2, 0) is 9.47 Å². The van der Waals surface area contributed by atoms with Gasteiger partial charge in [-0.15, -0.1) is 0 Å². The van der Waals surface area contributed by atoms with Gasteiger partial charge >= 0.3 is 0 Å². The summed E-state index contributed by atoms with van der Waals surface area (Å²) in [6.07, 6.45) is -0.427. The van der Waals surface area contributed by atoms with Gasteiger partial charge in [-0.25, -0.2) is 0 Å². The number of aliphatic hydroxyl groups is 1. The molecule has 0 aliphatic carbocycles. The van der Waals surface area contributed by atoms with Crippen LogP contribution in [-0.4, -0.2) is 49.6 Å². The summed E-state index contributed by atoms with van der Waals surface area (Å²) in [4.78, 5) is 10.9. The normalized spacial score (nSPS) is 12.4. The number of aliphatic hydroxyl groups excluding tert-OH is 1. The van der Waals surface area contributed by atoms with Crippen molar-refractivity contribution in [2.75, 3.05) is 31.7 Å². The van der Waals surface area contributed by atoms with E-state index >= 15 is 0 Å². The van der Waals surface area contributed by atoms with Gasteiger partial charge in [-0.1, -0.05) is 0 Å². The van der Waals surface area contributed by atoms with Crippen LogP contribution in [0.4, 0.5) is 5.69 Å². The van der Waals surface area contributed by atoms with Crippen LogP contribution in [0.1, 0.15) is 24.2 Å². The number of rotatable bonds is 10. The highest BCUT2D eigenvalue weighted by molar-refractivity contribution is 5.93. The average Bonchev–Trinajstić information content (AvgIpc) is 2.44. The molecule has 0 aliphatic rings. The molecule has 1 aromatic rings. The first-order valence-electron chi connectivity index (χ1n) is 7.00. The summed E-state index contributed by atoms with van der Waals surface area (Å²) in [5.41, 5.74) is 6.42. The number of hydrogen-bond acceptors (Lipinski definition) is 5. The first-order valence-corrected chi connectivity index (χ1v) is 7.00. The largest absolute Gasteiger partial charge is 0.389 e. The molecule has 6 heteroatoms. The van der Waals surface area contributed by atoms with Crippen molar-refractivity contribution >= 4 is 11.6 Å².